The molecule has 1 aromatic heterocycles. The Hall–Kier alpha value is -2.96. The topological polar surface area (TPSA) is 68.9 Å². The molecule has 0 fully saturated rings. The Morgan fingerprint density at radius 1 is 0.955 bits per heavy atom. The summed E-state index contributed by atoms with van der Waals surface area (Å²) >= 11 is 0. The summed E-state index contributed by atoms with van der Waals surface area (Å²) in [6, 6.07) is 4.63. The first-order valence-electron chi connectivity index (χ1n) is 6.17. The smallest absolute Gasteiger partial charge is 0.199 e. The van der Waals surface area contributed by atoms with Crippen molar-refractivity contribution >= 4 is 22.5 Å². The third-order valence-electron chi connectivity index (χ3n) is 3.14. The highest BCUT2D eigenvalue weighted by molar-refractivity contribution is 6.11. The van der Waals surface area contributed by atoms with Gasteiger partial charge in [-0.3, -0.25) is 14.8 Å². The van der Waals surface area contributed by atoms with Crippen molar-refractivity contribution in [3.63, 3.8) is 0 Å². The van der Waals surface area contributed by atoms with Gasteiger partial charge in [0.25, 0.3) is 0 Å². The number of hydrogen-bond acceptors (Lipinski definition) is 4. The second-order valence-electron chi connectivity index (χ2n) is 4.54. The van der Waals surface area contributed by atoms with Gasteiger partial charge in [0.05, 0.1) is 22.3 Å². The van der Waals surface area contributed by atoms with Crippen molar-refractivity contribution in [2.24, 2.45) is 0 Å². The Morgan fingerprint density at radius 3 is 2.36 bits per heavy atom. The largest absolute Gasteiger partial charge is 0.396 e. The monoisotopic (exact) mass is 303 g/mol. The summed E-state index contributed by atoms with van der Waals surface area (Å²) in [5.74, 6) is -5.27. The molecule has 0 aliphatic heterocycles. The van der Waals surface area contributed by atoms with Crippen molar-refractivity contribution in [3.8, 4) is 0 Å². The number of aromatic nitrogens is 2. The summed E-state index contributed by atoms with van der Waals surface area (Å²) in [6.07, 6.45) is 2.88. The zero-order valence-corrected chi connectivity index (χ0v) is 11.0. The number of rotatable bonds is 2. The van der Waals surface area contributed by atoms with Crippen molar-refractivity contribution < 1.29 is 18.0 Å². The SMILES string of the molecule is Nc1cc(F)c(F)c(C(=O)c2ccc3nccnc3c2)c1F. The van der Waals surface area contributed by atoms with E-state index in [1.54, 1.807) is 0 Å². The van der Waals surface area contributed by atoms with Crippen LogP contribution in [0.1, 0.15) is 15.9 Å². The molecule has 4 nitrogen and oxygen atoms in total. The highest BCUT2D eigenvalue weighted by Crippen LogP contribution is 2.25. The molecule has 0 saturated heterocycles. The Morgan fingerprint density at radius 2 is 1.64 bits per heavy atom. The molecule has 2 N–H and O–H groups in total. The molecule has 0 radical (unpaired) electrons. The molecule has 0 saturated carbocycles. The van der Waals surface area contributed by atoms with Crippen molar-refractivity contribution in [3.05, 3.63) is 65.2 Å². The summed E-state index contributed by atoms with van der Waals surface area (Å²) in [6.45, 7) is 0. The lowest BCUT2D eigenvalue weighted by atomic mass is 10.0. The van der Waals surface area contributed by atoms with E-state index < -0.39 is 34.5 Å². The van der Waals surface area contributed by atoms with E-state index >= 15 is 0 Å². The van der Waals surface area contributed by atoms with Gasteiger partial charge in [-0.25, -0.2) is 13.2 Å². The molecular weight excluding hydrogens is 295 g/mol. The van der Waals surface area contributed by atoms with Gasteiger partial charge in [0, 0.05) is 24.0 Å². The number of ketones is 1. The molecule has 110 valence electrons. The first kappa shape index (κ1) is 14.0. The molecule has 22 heavy (non-hydrogen) atoms. The Labute approximate surface area is 122 Å². The number of benzene rings is 2. The molecular formula is C15H8F3N3O. The van der Waals surface area contributed by atoms with Crippen LogP contribution >= 0.6 is 0 Å². The van der Waals surface area contributed by atoms with Gasteiger partial charge in [0.1, 0.15) is 0 Å². The van der Waals surface area contributed by atoms with E-state index in [0.29, 0.717) is 17.1 Å². The summed E-state index contributed by atoms with van der Waals surface area (Å²) in [5.41, 5.74) is 4.42. The maximum Gasteiger partial charge on any atom is 0.199 e. The van der Waals surface area contributed by atoms with Crippen LogP contribution in [0.2, 0.25) is 0 Å². The third-order valence-corrected chi connectivity index (χ3v) is 3.14. The molecule has 0 aliphatic rings. The standard InChI is InChI=1S/C15H8F3N3O/c16-8-6-9(19)14(18)12(13(8)17)15(22)7-1-2-10-11(5-7)21-4-3-20-10/h1-6H,19H2. The zero-order chi connectivity index (χ0) is 15.9. The molecule has 0 spiro atoms. The summed E-state index contributed by atoms with van der Waals surface area (Å²) in [7, 11) is 0. The van der Waals surface area contributed by atoms with Gasteiger partial charge in [-0.05, 0) is 18.2 Å². The van der Waals surface area contributed by atoms with E-state index in [2.05, 4.69) is 9.97 Å². The van der Waals surface area contributed by atoms with Crippen molar-refractivity contribution in [2.75, 3.05) is 5.73 Å². The Balaban J connectivity index is 2.18. The number of carbonyl (C=O) groups excluding carboxylic acids is 1. The molecule has 0 amide bonds. The predicted octanol–water partition coefficient (Wildman–Crippen LogP) is 2.86. The number of anilines is 1. The summed E-state index contributed by atoms with van der Waals surface area (Å²) in [5, 5.41) is 0. The zero-order valence-electron chi connectivity index (χ0n) is 11.0. The highest BCUT2D eigenvalue weighted by atomic mass is 19.2. The fraction of sp³-hybridized carbons (Fsp3) is 0. The van der Waals surface area contributed by atoms with E-state index in [-0.39, 0.29) is 5.56 Å². The minimum atomic E-state index is -1.57. The number of nitrogens with zero attached hydrogens (tertiary/aromatic N) is 2. The number of nitrogen functional groups attached to an aromatic ring is 1. The second-order valence-corrected chi connectivity index (χ2v) is 4.54. The van der Waals surface area contributed by atoms with Gasteiger partial charge >= 0.3 is 0 Å². The lowest BCUT2D eigenvalue weighted by Gasteiger charge is -2.08. The Bertz CT molecular complexity index is 886. The van der Waals surface area contributed by atoms with Gasteiger partial charge in [0.2, 0.25) is 0 Å². The van der Waals surface area contributed by atoms with Crippen LogP contribution in [0.4, 0.5) is 18.9 Å². The van der Waals surface area contributed by atoms with Crippen LogP contribution in [-0.2, 0) is 0 Å². The number of fused-ring (bicyclic) bond motifs is 1. The maximum absolute atomic E-state index is 13.9. The Kier molecular flexibility index (Phi) is 3.25. The molecule has 0 atom stereocenters. The lowest BCUT2D eigenvalue weighted by molar-refractivity contribution is 0.103. The van der Waals surface area contributed by atoms with Gasteiger partial charge in [-0.1, -0.05) is 0 Å². The molecule has 3 aromatic rings. The van der Waals surface area contributed by atoms with E-state index in [9.17, 15) is 18.0 Å². The van der Waals surface area contributed by atoms with E-state index in [0.717, 1.165) is 0 Å². The molecule has 2 aromatic carbocycles. The quantitative estimate of drug-likeness (QED) is 0.449. The predicted molar refractivity (Wildman–Crippen MR) is 73.7 cm³/mol. The average Bonchev–Trinajstić information content (AvgIpc) is 2.52. The van der Waals surface area contributed by atoms with E-state index in [1.165, 1.54) is 30.6 Å². The summed E-state index contributed by atoms with van der Waals surface area (Å²) < 4.78 is 41.0. The highest BCUT2D eigenvalue weighted by Gasteiger charge is 2.24. The lowest BCUT2D eigenvalue weighted by Crippen LogP contribution is -2.11. The molecule has 0 bridgehead atoms. The van der Waals surface area contributed by atoms with Crippen LogP contribution in [-0.4, -0.2) is 15.8 Å². The number of hydrogen-bond donors (Lipinski definition) is 1. The first-order chi connectivity index (χ1) is 10.5. The van der Waals surface area contributed by atoms with Crippen LogP contribution in [0.25, 0.3) is 11.0 Å². The van der Waals surface area contributed by atoms with Crippen molar-refractivity contribution in [1.29, 1.82) is 0 Å². The third kappa shape index (κ3) is 2.16. The maximum atomic E-state index is 13.9. The normalized spacial score (nSPS) is 10.9. The van der Waals surface area contributed by atoms with Crippen LogP contribution < -0.4 is 5.73 Å². The summed E-state index contributed by atoms with van der Waals surface area (Å²) in [4.78, 5) is 20.3. The van der Waals surface area contributed by atoms with Crippen molar-refractivity contribution in [1.82, 2.24) is 9.97 Å². The fourth-order valence-corrected chi connectivity index (χ4v) is 2.07. The van der Waals surface area contributed by atoms with Gasteiger partial charge in [-0.15, -0.1) is 0 Å². The van der Waals surface area contributed by atoms with E-state index in [4.69, 9.17) is 5.73 Å². The van der Waals surface area contributed by atoms with Crippen LogP contribution in [0.3, 0.4) is 0 Å². The van der Waals surface area contributed by atoms with Crippen LogP contribution in [0, 0.1) is 17.5 Å². The number of carbonyl (C=O) groups is 1. The number of halogens is 3. The number of nitrogens with two attached hydrogens (primary N) is 1. The fourth-order valence-electron chi connectivity index (χ4n) is 2.07. The average molecular weight is 303 g/mol. The van der Waals surface area contributed by atoms with Crippen LogP contribution in [0.5, 0.6) is 0 Å². The first-order valence-corrected chi connectivity index (χ1v) is 6.17. The molecule has 1 heterocycles. The molecule has 3 rings (SSSR count). The second kappa shape index (κ2) is 5.10. The molecule has 7 heteroatoms. The van der Waals surface area contributed by atoms with Gasteiger partial charge in [-0.2, -0.15) is 0 Å². The van der Waals surface area contributed by atoms with Crippen molar-refractivity contribution in [2.45, 2.75) is 0 Å². The van der Waals surface area contributed by atoms with Gasteiger partial charge in [0.15, 0.2) is 23.2 Å². The minimum absolute atomic E-state index is 0.0456. The molecule has 0 aliphatic carbocycles. The molecule has 0 unspecified atom stereocenters. The minimum Gasteiger partial charge on any atom is -0.396 e. The van der Waals surface area contributed by atoms with Crippen LogP contribution in [0.15, 0.2) is 36.7 Å². The van der Waals surface area contributed by atoms with Gasteiger partial charge < -0.3 is 5.73 Å². The van der Waals surface area contributed by atoms with E-state index in [1.807, 2.05) is 0 Å².